The first-order chi connectivity index (χ1) is 12.2. The second kappa shape index (κ2) is 6.87. The van der Waals surface area contributed by atoms with Crippen LogP contribution in [0.4, 0.5) is 23.7 Å². The minimum atomic E-state index is -4.43. The number of rotatable bonds is 2. The number of urea groups is 1. The highest BCUT2D eigenvalue weighted by atomic mass is 35.5. The van der Waals surface area contributed by atoms with Gasteiger partial charge in [-0.25, -0.2) is 10.2 Å². The number of benzene rings is 2. The summed E-state index contributed by atoms with van der Waals surface area (Å²) >= 11 is 5.96. The first kappa shape index (κ1) is 18.1. The van der Waals surface area contributed by atoms with Gasteiger partial charge in [-0.05, 0) is 49.4 Å². The van der Waals surface area contributed by atoms with E-state index in [4.69, 9.17) is 16.3 Å². The summed E-state index contributed by atoms with van der Waals surface area (Å²) < 4.78 is 43.2. The van der Waals surface area contributed by atoms with E-state index in [1.165, 1.54) is 0 Å². The fourth-order valence-electron chi connectivity index (χ4n) is 2.43. The quantitative estimate of drug-likeness (QED) is 0.740. The highest BCUT2D eigenvalue weighted by Gasteiger charge is 2.30. The van der Waals surface area contributed by atoms with Crippen LogP contribution in [0.25, 0.3) is 0 Å². The molecule has 1 unspecified atom stereocenters. The number of carbonyl (C=O) groups is 1. The zero-order valence-corrected chi connectivity index (χ0v) is 14.2. The maximum absolute atomic E-state index is 12.5. The third-order valence-corrected chi connectivity index (χ3v) is 3.89. The average Bonchev–Trinajstić information content (AvgIpc) is 2.87. The molecule has 1 atom stereocenters. The number of fused-ring (bicyclic) bond motifs is 1. The smallest absolute Gasteiger partial charge is 0.416 e. The Morgan fingerprint density at radius 1 is 1.19 bits per heavy atom. The van der Waals surface area contributed by atoms with Gasteiger partial charge < -0.3 is 10.1 Å². The molecule has 0 aromatic heterocycles. The number of halogens is 4. The number of nitrogens with one attached hydrogen (secondary N) is 2. The van der Waals surface area contributed by atoms with Crippen molar-refractivity contribution in [1.29, 1.82) is 0 Å². The average molecular weight is 384 g/mol. The molecule has 0 aliphatic carbocycles. The highest BCUT2D eigenvalue weighted by molar-refractivity contribution is 6.31. The molecule has 0 spiro atoms. The van der Waals surface area contributed by atoms with E-state index in [-0.39, 0.29) is 11.8 Å². The van der Waals surface area contributed by atoms with E-state index in [1.807, 2.05) is 0 Å². The van der Waals surface area contributed by atoms with Crippen molar-refractivity contribution in [3.8, 4) is 5.75 Å². The number of hydrogen-bond donors (Lipinski definition) is 2. The van der Waals surface area contributed by atoms with Crippen molar-refractivity contribution in [2.24, 2.45) is 5.10 Å². The number of anilines is 1. The van der Waals surface area contributed by atoms with Crippen LogP contribution in [0.3, 0.4) is 0 Å². The number of carbonyl (C=O) groups excluding carboxylic acids is 1. The molecule has 9 heteroatoms. The Bertz CT molecular complexity index is 867. The summed E-state index contributed by atoms with van der Waals surface area (Å²) in [5, 5.41) is 6.94. The van der Waals surface area contributed by atoms with Gasteiger partial charge in [-0.15, -0.1) is 0 Å². The summed E-state index contributed by atoms with van der Waals surface area (Å²) in [4.78, 5) is 11.9. The first-order valence-electron chi connectivity index (χ1n) is 7.52. The van der Waals surface area contributed by atoms with E-state index in [1.54, 1.807) is 25.1 Å². The van der Waals surface area contributed by atoms with Crippen molar-refractivity contribution in [2.45, 2.75) is 19.2 Å². The summed E-state index contributed by atoms with van der Waals surface area (Å²) in [6.45, 7) is 1.77. The lowest BCUT2D eigenvalue weighted by atomic mass is 10.1. The molecule has 0 fully saturated rings. The van der Waals surface area contributed by atoms with E-state index in [2.05, 4.69) is 15.8 Å². The maximum atomic E-state index is 12.5. The van der Waals surface area contributed by atoms with Gasteiger partial charge in [0.15, 0.2) is 0 Å². The Morgan fingerprint density at radius 3 is 2.54 bits per heavy atom. The molecule has 1 aliphatic rings. The van der Waals surface area contributed by atoms with E-state index in [0.717, 1.165) is 24.3 Å². The molecule has 26 heavy (non-hydrogen) atoms. The number of amides is 2. The topological polar surface area (TPSA) is 62.7 Å². The standard InChI is InChI=1S/C17H13ClF3N3O2/c1-9-15(13-8-11(18)4-7-14(13)26-9)23-24-16(25)22-12-5-2-10(3-6-12)17(19,20)21/h2-9H,1H3,(H2,22,24,25)/b23-15+. The molecule has 2 aromatic carbocycles. The zero-order chi connectivity index (χ0) is 18.9. The van der Waals surface area contributed by atoms with Gasteiger partial charge in [0.25, 0.3) is 0 Å². The van der Waals surface area contributed by atoms with Gasteiger partial charge in [-0.3, -0.25) is 0 Å². The molecule has 2 amide bonds. The molecule has 0 radical (unpaired) electrons. The minimum absolute atomic E-state index is 0.204. The SMILES string of the molecule is CC1Oc2ccc(Cl)cc2/C1=N/NC(=O)Nc1ccc(C(F)(F)F)cc1. The summed E-state index contributed by atoms with van der Waals surface area (Å²) in [6, 6.07) is 8.45. The summed E-state index contributed by atoms with van der Waals surface area (Å²) in [5.74, 6) is 0.602. The summed E-state index contributed by atoms with van der Waals surface area (Å²) in [5.41, 5.74) is 2.87. The van der Waals surface area contributed by atoms with Crippen LogP contribution in [-0.4, -0.2) is 17.8 Å². The predicted octanol–water partition coefficient (Wildman–Crippen LogP) is 4.67. The number of hydrogen-bond acceptors (Lipinski definition) is 3. The number of alkyl halides is 3. The van der Waals surface area contributed by atoms with Crippen LogP contribution in [0, 0.1) is 0 Å². The number of ether oxygens (including phenoxy) is 1. The molecule has 3 rings (SSSR count). The Kier molecular flexibility index (Phi) is 4.78. The predicted molar refractivity (Wildman–Crippen MR) is 91.7 cm³/mol. The monoisotopic (exact) mass is 383 g/mol. The van der Waals surface area contributed by atoms with Gasteiger partial charge in [-0.2, -0.15) is 18.3 Å². The van der Waals surface area contributed by atoms with Gasteiger partial charge in [0.2, 0.25) is 0 Å². The third-order valence-electron chi connectivity index (χ3n) is 3.65. The molecule has 0 bridgehead atoms. The lowest BCUT2D eigenvalue weighted by molar-refractivity contribution is -0.137. The maximum Gasteiger partial charge on any atom is 0.416 e. The van der Waals surface area contributed by atoms with Crippen LogP contribution in [0.15, 0.2) is 47.6 Å². The Morgan fingerprint density at radius 2 is 1.88 bits per heavy atom. The summed E-state index contributed by atoms with van der Waals surface area (Å²) in [6.07, 6.45) is -4.81. The fourth-order valence-corrected chi connectivity index (χ4v) is 2.61. The Labute approximate surface area is 151 Å². The van der Waals surface area contributed by atoms with E-state index >= 15 is 0 Å². The zero-order valence-electron chi connectivity index (χ0n) is 13.4. The molecule has 0 saturated heterocycles. The van der Waals surface area contributed by atoms with E-state index < -0.39 is 17.8 Å². The van der Waals surface area contributed by atoms with Crippen LogP contribution in [0.1, 0.15) is 18.1 Å². The normalized spacial score (nSPS) is 17.6. The van der Waals surface area contributed by atoms with Gasteiger partial charge in [0.05, 0.1) is 5.56 Å². The Hall–Kier alpha value is -2.74. The van der Waals surface area contributed by atoms with Crippen LogP contribution in [0.2, 0.25) is 5.02 Å². The Balaban J connectivity index is 1.68. The van der Waals surface area contributed by atoms with Gasteiger partial charge >= 0.3 is 12.2 Å². The molecule has 0 saturated carbocycles. The molecule has 5 nitrogen and oxygen atoms in total. The van der Waals surface area contributed by atoms with Crippen molar-refractivity contribution in [3.63, 3.8) is 0 Å². The molecule has 1 heterocycles. The van der Waals surface area contributed by atoms with Crippen LogP contribution in [-0.2, 0) is 6.18 Å². The third kappa shape index (κ3) is 3.91. The van der Waals surface area contributed by atoms with E-state index in [0.29, 0.717) is 22.0 Å². The molecular formula is C17H13ClF3N3O2. The second-order valence-electron chi connectivity index (χ2n) is 5.54. The number of nitrogens with zero attached hydrogens (tertiary/aromatic N) is 1. The van der Waals surface area contributed by atoms with Crippen LogP contribution < -0.4 is 15.5 Å². The van der Waals surface area contributed by atoms with Gasteiger partial charge in [-0.1, -0.05) is 11.6 Å². The lowest BCUT2D eigenvalue weighted by Gasteiger charge is -2.09. The van der Waals surface area contributed by atoms with E-state index in [9.17, 15) is 18.0 Å². The molecule has 136 valence electrons. The minimum Gasteiger partial charge on any atom is -0.484 e. The second-order valence-corrected chi connectivity index (χ2v) is 5.98. The van der Waals surface area contributed by atoms with Gasteiger partial charge in [0.1, 0.15) is 17.6 Å². The molecule has 2 N–H and O–H groups in total. The number of hydrazone groups is 1. The molecule has 1 aliphatic heterocycles. The molecular weight excluding hydrogens is 371 g/mol. The first-order valence-corrected chi connectivity index (χ1v) is 7.90. The van der Waals surface area contributed by atoms with Crippen LogP contribution >= 0.6 is 11.6 Å². The largest absolute Gasteiger partial charge is 0.484 e. The van der Waals surface area contributed by atoms with Crippen molar-refractivity contribution >= 4 is 29.0 Å². The van der Waals surface area contributed by atoms with Crippen LogP contribution in [0.5, 0.6) is 5.75 Å². The lowest BCUT2D eigenvalue weighted by Crippen LogP contribution is -2.28. The fraction of sp³-hybridized carbons (Fsp3) is 0.176. The summed E-state index contributed by atoms with van der Waals surface area (Å²) in [7, 11) is 0. The van der Waals surface area contributed by atoms with Gasteiger partial charge in [0, 0.05) is 16.3 Å². The van der Waals surface area contributed by atoms with Crippen molar-refractivity contribution < 1.29 is 22.7 Å². The highest BCUT2D eigenvalue weighted by Crippen LogP contribution is 2.31. The van der Waals surface area contributed by atoms with Crippen molar-refractivity contribution in [1.82, 2.24) is 5.43 Å². The molecule has 2 aromatic rings. The van der Waals surface area contributed by atoms with Crippen molar-refractivity contribution in [3.05, 3.63) is 58.6 Å². The van der Waals surface area contributed by atoms with Crippen molar-refractivity contribution in [2.75, 3.05) is 5.32 Å².